The Labute approximate surface area is 219 Å². The monoisotopic (exact) mass is 552 g/mol. The summed E-state index contributed by atoms with van der Waals surface area (Å²) >= 11 is 7.47. The van der Waals surface area contributed by atoms with Crippen molar-refractivity contribution in [1.29, 1.82) is 0 Å². The van der Waals surface area contributed by atoms with Crippen molar-refractivity contribution in [3.8, 4) is 10.6 Å². The summed E-state index contributed by atoms with van der Waals surface area (Å²) in [5.74, 6) is -0.136. The molecule has 37 heavy (non-hydrogen) atoms. The molecular weight excluding hydrogens is 529 g/mol. The van der Waals surface area contributed by atoms with Gasteiger partial charge >= 0.3 is 6.18 Å². The van der Waals surface area contributed by atoms with Gasteiger partial charge in [-0.2, -0.15) is 18.3 Å². The minimum Gasteiger partial charge on any atom is -0.374 e. The molecule has 2 aliphatic heterocycles. The van der Waals surface area contributed by atoms with Crippen LogP contribution in [0, 0.1) is 0 Å². The van der Waals surface area contributed by atoms with Gasteiger partial charge in [0.15, 0.2) is 5.82 Å². The fourth-order valence-corrected chi connectivity index (χ4v) is 6.06. The molecule has 3 aliphatic rings. The van der Waals surface area contributed by atoms with Crippen molar-refractivity contribution >= 4 is 45.6 Å². The minimum absolute atomic E-state index is 0.0697. The van der Waals surface area contributed by atoms with Gasteiger partial charge in [-0.25, -0.2) is 9.97 Å². The number of nitrogens with zero attached hydrogens (tertiary/aromatic N) is 5. The molecule has 0 bridgehead atoms. The number of halogens is 4. The molecule has 1 amide bonds. The maximum absolute atomic E-state index is 13.8. The Kier molecular flexibility index (Phi) is 6.24. The molecule has 1 saturated carbocycles. The van der Waals surface area contributed by atoms with E-state index in [0.29, 0.717) is 23.1 Å². The van der Waals surface area contributed by atoms with E-state index in [1.807, 2.05) is 4.68 Å². The second-order valence-electron chi connectivity index (χ2n) is 9.42. The Morgan fingerprint density at radius 3 is 2.59 bits per heavy atom. The second-order valence-corrected chi connectivity index (χ2v) is 10.9. The van der Waals surface area contributed by atoms with Crippen LogP contribution >= 0.6 is 22.9 Å². The number of hydrogen-bond donors (Lipinski definition) is 3. The first-order valence-electron chi connectivity index (χ1n) is 12.1. The van der Waals surface area contributed by atoms with Crippen LogP contribution in [0.25, 0.3) is 10.6 Å². The SMILES string of the molecule is O=C1NCCNc2sc(-c3nc(Nc4nn(C5CCN(C6CC6)CC5)cc4Cl)ncc3C(F)(F)F)cc21. The Balaban J connectivity index is 1.27. The van der Waals surface area contributed by atoms with Crippen molar-refractivity contribution in [2.45, 2.75) is 43.9 Å². The molecular formula is C23H24ClF3N8OS. The molecule has 6 rings (SSSR count). The zero-order chi connectivity index (χ0) is 25.7. The van der Waals surface area contributed by atoms with E-state index in [2.05, 4.69) is 35.9 Å². The van der Waals surface area contributed by atoms with E-state index in [4.69, 9.17) is 11.6 Å². The fraction of sp³-hybridized carbons (Fsp3) is 0.478. The first kappa shape index (κ1) is 24.4. The molecule has 0 aromatic carbocycles. The predicted molar refractivity (Wildman–Crippen MR) is 135 cm³/mol. The number of piperidine rings is 1. The summed E-state index contributed by atoms with van der Waals surface area (Å²) in [5.41, 5.74) is -1.03. The zero-order valence-corrected chi connectivity index (χ0v) is 21.2. The third-order valence-corrected chi connectivity index (χ3v) is 8.23. The van der Waals surface area contributed by atoms with Crippen LogP contribution in [0.5, 0.6) is 0 Å². The van der Waals surface area contributed by atoms with E-state index >= 15 is 0 Å². The molecule has 2 fully saturated rings. The van der Waals surface area contributed by atoms with Crippen molar-refractivity contribution in [1.82, 2.24) is 30.0 Å². The quantitative estimate of drug-likeness (QED) is 0.419. The molecule has 1 aliphatic carbocycles. The van der Waals surface area contributed by atoms with Gasteiger partial charge in [0.1, 0.15) is 15.6 Å². The Morgan fingerprint density at radius 1 is 1.11 bits per heavy atom. The van der Waals surface area contributed by atoms with Crippen LogP contribution in [0.1, 0.15) is 47.6 Å². The number of nitrogens with one attached hydrogen (secondary N) is 3. The number of hydrogen-bond acceptors (Lipinski definition) is 8. The smallest absolute Gasteiger partial charge is 0.374 e. The van der Waals surface area contributed by atoms with Crippen LogP contribution in [0.2, 0.25) is 5.02 Å². The van der Waals surface area contributed by atoms with Gasteiger partial charge in [0, 0.05) is 44.6 Å². The third-order valence-electron chi connectivity index (χ3n) is 6.85. The van der Waals surface area contributed by atoms with E-state index in [9.17, 15) is 18.0 Å². The average Bonchev–Trinajstić information content (AvgIpc) is 3.58. The summed E-state index contributed by atoms with van der Waals surface area (Å²) in [6.45, 7) is 2.93. The molecule has 0 atom stereocenters. The van der Waals surface area contributed by atoms with E-state index in [1.165, 1.54) is 18.9 Å². The van der Waals surface area contributed by atoms with Gasteiger partial charge in [-0.05, 0) is 31.7 Å². The number of fused-ring (bicyclic) bond motifs is 1. The number of carbonyl (C=O) groups is 1. The highest BCUT2D eigenvalue weighted by Crippen LogP contribution is 2.42. The zero-order valence-electron chi connectivity index (χ0n) is 19.6. The Hall–Kier alpha value is -2.90. The molecule has 0 unspecified atom stereocenters. The minimum atomic E-state index is -4.68. The fourth-order valence-electron chi connectivity index (χ4n) is 4.79. The summed E-state index contributed by atoms with van der Waals surface area (Å²) in [6.07, 6.45) is 2.26. The summed E-state index contributed by atoms with van der Waals surface area (Å²) in [7, 11) is 0. The summed E-state index contributed by atoms with van der Waals surface area (Å²) < 4.78 is 43.3. The van der Waals surface area contributed by atoms with Crippen molar-refractivity contribution < 1.29 is 18.0 Å². The van der Waals surface area contributed by atoms with Crippen molar-refractivity contribution in [2.24, 2.45) is 0 Å². The van der Waals surface area contributed by atoms with Gasteiger partial charge in [0.25, 0.3) is 5.91 Å². The molecule has 196 valence electrons. The summed E-state index contributed by atoms with van der Waals surface area (Å²) in [4.78, 5) is 23.1. The molecule has 3 aromatic rings. The number of alkyl halides is 3. The molecule has 9 nitrogen and oxygen atoms in total. The Bertz CT molecular complexity index is 1330. The average molecular weight is 553 g/mol. The molecule has 0 radical (unpaired) electrons. The maximum atomic E-state index is 13.8. The highest BCUT2D eigenvalue weighted by atomic mass is 35.5. The van der Waals surface area contributed by atoms with E-state index < -0.39 is 11.7 Å². The highest BCUT2D eigenvalue weighted by Gasteiger charge is 2.37. The van der Waals surface area contributed by atoms with Gasteiger partial charge in [0.05, 0.1) is 22.2 Å². The molecule has 14 heteroatoms. The lowest BCUT2D eigenvalue weighted by atomic mass is 10.1. The van der Waals surface area contributed by atoms with Crippen LogP contribution in [-0.4, -0.2) is 62.8 Å². The molecule has 3 N–H and O–H groups in total. The van der Waals surface area contributed by atoms with Crippen molar-refractivity contribution in [3.63, 3.8) is 0 Å². The lowest BCUT2D eigenvalue weighted by molar-refractivity contribution is -0.137. The number of thiophene rings is 1. The van der Waals surface area contributed by atoms with Crippen molar-refractivity contribution in [2.75, 3.05) is 36.8 Å². The van der Waals surface area contributed by atoms with Crippen LogP contribution in [-0.2, 0) is 6.18 Å². The van der Waals surface area contributed by atoms with E-state index in [0.717, 1.165) is 49.5 Å². The van der Waals surface area contributed by atoms with Crippen LogP contribution in [0.4, 0.5) is 29.9 Å². The standard InChI is InChI=1S/C23H24ClF3N8OS/c24-16-11-35(13-3-7-34(8-4-13)12-1-2-12)33-19(16)32-22-30-10-15(23(25,26)27)18(31-22)17-9-14-20(36)28-5-6-29-21(14)37-17/h9-13,29H,1-8H2,(H,28,36)(H,30,31,32,33). The lowest BCUT2D eigenvalue weighted by Crippen LogP contribution is -2.36. The second kappa shape index (κ2) is 9.44. The molecule has 1 saturated heterocycles. The Morgan fingerprint density at radius 2 is 1.86 bits per heavy atom. The maximum Gasteiger partial charge on any atom is 0.420 e. The summed E-state index contributed by atoms with van der Waals surface area (Å²) in [5, 5.41) is 14.1. The highest BCUT2D eigenvalue weighted by molar-refractivity contribution is 7.19. The normalized spacial score (nSPS) is 19.2. The number of rotatable bonds is 5. The topological polar surface area (TPSA) is 100 Å². The van der Waals surface area contributed by atoms with E-state index in [-0.39, 0.29) is 39.8 Å². The van der Waals surface area contributed by atoms with Gasteiger partial charge in [-0.3, -0.25) is 9.48 Å². The molecule has 0 spiro atoms. The number of amides is 1. The number of likely N-dealkylation sites (tertiary alicyclic amines) is 1. The first-order chi connectivity index (χ1) is 17.8. The van der Waals surface area contributed by atoms with Gasteiger partial charge in [-0.1, -0.05) is 11.6 Å². The summed E-state index contributed by atoms with van der Waals surface area (Å²) in [6, 6.07) is 2.35. The van der Waals surface area contributed by atoms with Crippen LogP contribution in [0.3, 0.4) is 0 Å². The van der Waals surface area contributed by atoms with Gasteiger partial charge in [0.2, 0.25) is 5.95 Å². The third kappa shape index (κ3) is 4.99. The lowest BCUT2D eigenvalue weighted by Gasteiger charge is -2.31. The van der Waals surface area contributed by atoms with Crippen LogP contribution in [0.15, 0.2) is 18.5 Å². The first-order valence-corrected chi connectivity index (χ1v) is 13.3. The van der Waals surface area contributed by atoms with Crippen LogP contribution < -0.4 is 16.0 Å². The molecule has 5 heterocycles. The number of aromatic nitrogens is 4. The van der Waals surface area contributed by atoms with Crippen molar-refractivity contribution in [3.05, 3.63) is 34.6 Å². The van der Waals surface area contributed by atoms with Gasteiger partial charge in [-0.15, -0.1) is 11.3 Å². The molecule has 3 aromatic heterocycles. The number of carbonyl (C=O) groups excluding carboxylic acids is 1. The largest absolute Gasteiger partial charge is 0.420 e. The predicted octanol–water partition coefficient (Wildman–Crippen LogP) is 4.77. The number of anilines is 3. The van der Waals surface area contributed by atoms with Gasteiger partial charge < -0.3 is 20.9 Å². The van der Waals surface area contributed by atoms with E-state index in [1.54, 1.807) is 6.20 Å².